The van der Waals surface area contributed by atoms with Crippen molar-refractivity contribution in [1.29, 1.82) is 0 Å². The van der Waals surface area contributed by atoms with E-state index in [-0.39, 0.29) is 0 Å². The van der Waals surface area contributed by atoms with E-state index in [0.717, 1.165) is 25.3 Å². The molecule has 3 nitrogen and oxygen atoms in total. The second-order valence-electron chi connectivity index (χ2n) is 4.81. The molecule has 0 spiro atoms. The summed E-state index contributed by atoms with van der Waals surface area (Å²) in [4.78, 5) is 0. The van der Waals surface area contributed by atoms with Gasteiger partial charge in [-0.1, -0.05) is 0 Å². The molecule has 1 N–H and O–H groups in total. The van der Waals surface area contributed by atoms with Crippen LogP contribution in [0, 0.1) is 11.3 Å². The first-order chi connectivity index (χ1) is 7.08. The van der Waals surface area contributed by atoms with Crippen LogP contribution in [0.5, 0.6) is 0 Å². The molecule has 15 heavy (non-hydrogen) atoms. The molecule has 2 fully saturated rings. The molecule has 2 rings (SSSR count). The fourth-order valence-corrected chi connectivity index (χ4v) is 5.25. The average molecular weight is 249 g/mol. The number of hydrogen-bond donors (Lipinski definition) is 1. The van der Waals surface area contributed by atoms with Gasteiger partial charge in [0.15, 0.2) is 9.84 Å². The molecule has 2 aliphatic heterocycles. The van der Waals surface area contributed by atoms with E-state index in [1.54, 1.807) is 0 Å². The molecule has 2 heterocycles. The maximum absolute atomic E-state index is 11.5. The Hall–Kier alpha value is 0.260. The molecule has 2 saturated heterocycles. The lowest BCUT2D eigenvalue weighted by atomic mass is 9.68. The lowest BCUT2D eigenvalue weighted by molar-refractivity contribution is 0.0887. The number of nitrogens with one attached hydrogen (secondary N) is 1. The molecule has 88 valence electrons. The van der Waals surface area contributed by atoms with Crippen LogP contribution in [-0.4, -0.2) is 45.0 Å². The van der Waals surface area contributed by atoms with Crippen LogP contribution in [0.2, 0.25) is 0 Å². The molecule has 0 aromatic carbocycles. The molecule has 0 radical (unpaired) electrons. The molecular weight excluding hydrogens is 230 g/mol. The third-order valence-electron chi connectivity index (χ3n) is 3.86. The van der Waals surface area contributed by atoms with Crippen LogP contribution < -0.4 is 5.32 Å². The van der Waals surface area contributed by atoms with Crippen LogP contribution in [-0.2, 0) is 9.84 Å². The van der Waals surface area contributed by atoms with Crippen molar-refractivity contribution in [1.82, 2.24) is 5.32 Å². The highest BCUT2D eigenvalue weighted by Gasteiger charge is 2.47. The highest BCUT2D eigenvalue weighted by molar-refractivity contribution is 7.98. The van der Waals surface area contributed by atoms with Crippen molar-refractivity contribution < 1.29 is 8.42 Å². The van der Waals surface area contributed by atoms with Crippen molar-refractivity contribution in [3.63, 3.8) is 0 Å². The van der Waals surface area contributed by atoms with Crippen LogP contribution in [0.3, 0.4) is 0 Å². The van der Waals surface area contributed by atoms with Crippen LogP contribution in [0.1, 0.15) is 12.8 Å². The molecule has 1 unspecified atom stereocenters. The normalized spacial score (nSPS) is 32.5. The van der Waals surface area contributed by atoms with Crippen molar-refractivity contribution in [2.75, 3.05) is 36.6 Å². The molecule has 1 atom stereocenters. The van der Waals surface area contributed by atoms with E-state index in [2.05, 4.69) is 11.6 Å². The van der Waals surface area contributed by atoms with Crippen LogP contribution in [0.15, 0.2) is 0 Å². The third-order valence-corrected chi connectivity index (χ3v) is 6.24. The van der Waals surface area contributed by atoms with Crippen molar-refractivity contribution in [3.05, 3.63) is 0 Å². The zero-order valence-electron chi connectivity index (χ0n) is 9.16. The van der Waals surface area contributed by atoms with Gasteiger partial charge in [-0.05, 0) is 36.2 Å². The SMILES string of the molecule is CSCCC1(C2CCS(=O)(=O)C2)CNC1. The van der Waals surface area contributed by atoms with Gasteiger partial charge in [0.25, 0.3) is 0 Å². The van der Waals surface area contributed by atoms with Gasteiger partial charge < -0.3 is 5.32 Å². The Kier molecular flexibility index (Phi) is 3.33. The Morgan fingerprint density at radius 3 is 2.60 bits per heavy atom. The second kappa shape index (κ2) is 4.26. The first-order valence-corrected chi connectivity index (χ1v) is 8.70. The summed E-state index contributed by atoms with van der Waals surface area (Å²) in [6.07, 6.45) is 4.17. The Morgan fingerprint density at radius 2 is 2.20 bits per heavy atom. The highest BCUT2D eigenvalue weighted by atomic mass is 32.2. The lowest BCUT2D eigenvalue weighted by Crippen LogP contribution is -2.58. The second-order valence-corrected chi connectivity index (χ2v) is 8.02. The van der Waals surface area contributed by atoms with Gasteiger partial charge in [-0.3, -0.25) is 0 Å². The van der Waals surface area contributed by atoms with Gasteiger partial charge in [0.2, 0.25) is 0 Å². The van der Waals surface area contributed by atoms with E-state index in [9.17, 15) is 8.42 Å². The summed E-state index contributed by atoms with van der Waals surface area (Å²) in [7, 11) is -2.71. The average Bonchev–Trinajstić information content (AvgIpc) is 2.45. The summed E-state index contributed by atoms with van der Waals surface area (Å²) < 4.78 is 23.0. The summed E-state index contributed by atoms with van der Waals surface area (Å²) in [5.74, 6) is 2.41. The zero-order chi connectivity index (χ0) is 10.9. The predicted molar refractivity (Wildman–Crippen MR) is 65.1 cm³/mol. The van der Waals surface area contributed by atoms with E-state index < -0.39 is 9.84 Å². The van der Waals surface area contributed by atoms with Crippen LogP contribution >= 0.6 is 11.8 Å². The topological polar surface area (TPSA) is 46.2 Å². The van der Waals surface area contributed by atoms with Crippen molar-refractivity contribution in [2.24, 2.45) is 11.3 Å². The highest BCUT2D eigenvalue weighted by Crippen LogP contribution is 2.42. The first kappa shape index (κ1) is 11.7. The van der Waals surface area contributed by atoms with E-state index in [1.165, 1.54) is 6.42 Å². The van der Waals surface area contributed by atoms with E-state index in [4.69, 9.17) is 0 Å². The fraction of sp³-hybridized carbons (Fsp3) is 1.00. The number of hydrogen-bond acceptors (Lipinski definition) is 4. The van der Waals surface area contributed by atoms with E-state index in [0.29, 0.717) is 22.8 Å². The molecule has 5 heteroatoms. The predicted octanol–water partition coefficient (Wildman–Crippen LogP) is 0.764. The van der Waals surface area contributed by atoms with Gasteiger partial charge in [0, 0.05) is 13.1 Å². The van der Waals surface area contributed by atoms with Crippen LogP contribution in [0.4, 0.5) is 0 Å². The summed E-state index contributed by atoms with van der Waals surface area (Å²) in [6.45, 7) is 2.04. The summed E-state index contributed by atoms with van der Waals surface area (Å²) in [5.41, 5.74) is 0.298. The molecule has 0 aliphatic carbocycles. The van der Waals surface area contributed by atoms with Gasteiger partial charge in [0.1, 0.15) is 0 Å². The summed E-state index contributed by atoms with van der Waals surface area (Å²) >= 11 is 1.86. The van der Waals surface area contributed by atoms with Crippen molar-refractivity contribution >= 4 is 21.6 Å². The van der Waals surface area contributed by atoms with Crippen LogP contribution in [0.25, 0.3) is 0 Å². The van der Waals surface area contributed by atoms with E-state index in [1.807, 2.05) is 11.8 Å². The molecule has 0 saturated carbocycles. The fourth-order valence-electron chi connectivity index (χ4n) is 2.70. The molecule has 0 amide bonds. The third kappa shape index (κ3) is 2.34. The Bertz CT molecular complexity index is 322. The maximum Gasteiger partial charge on any atom is 0.150 e. The molecule has 2 aliphatic rings. The van der Waals surface area contributed by atoms with E-state index >= 15 is 0 Å². The minimum atomic E-state index is -2.71. The number of thioether (sulfide) groups is 1. The minimum Gasteiger partial charge on any atom is -0.316 e. The number of rotatable bonds is 4. The van der Waals surface area contributed by atoms with Crippen molar-refractivity contribution in [3.8, 4) is 0 Å². The molecule has 0 aromatic heterocycles. The number of sulfone groups is 1. The van der Waals surface area contributed by atoms with Gasteiger partial charge in [-0.15, -0.1) is 0 Å². The zero-order valence-corrected chi connectivity index (χ0v) is 10.8. The van der Waals surface area contributed by atoms with Gasteiger partial charge in [-0.25, -0.2) is 8.42 Å². The molecule has 0 bridgehead atoms. The Labute approximate surface area is 96.3 Å². The summed E-state index contributed by atoms with van der Waals surface area (Å²) in [6, 6.07) is 0. The smallest absolute Gasteiger partial charge is 0.150 e. The first-order valence-electron chi connectivity index (χ1n) is 5.48. The Balaban J connectivity index is 2.01. The minimum absolute atomic E-state index is 0.298. The standard InChI is InChI=1S/C10H19NO2S2/c1-14-4-3-10(7-11-8-10)9-2-5-15(12,13)6-9/h9,11H,2-8H2,1H3. The lowest BCUT2D eigenvalue weighted by Gasteiger charge is -2.47. The molecule has 0 aromatic rings. The maximum atomic E-state index is 11.5. The molecular formula is C10H19NO2S2. The van der Waals surface area contributed by atoms with Crippen molar-refractivity contribution in [2.45, 2.75) is 12.8 Å². The van der Waals surface area contributed by atoms with Gasteiger partial charge in [-0.2, -0.15) is 11.8 Å². The Morgan fingerprint density at radius 1 is 1.47 bits per heavy atom. The van der Waals surface area contributed by atoms with Gasteiger partial charge >= 0.3 is 0 Å². The monoisotopic (exact) mass is 249 g/mol. The summed E-state index contributed by atoms with van der Waals surface area (Å²) in [5, 5.41) is 3.31. The largest absolute Gasteiger partial charge is 0.316 e. The quantitative estimate of drug-likeness (QED) is 0.799. The van der Waals surface area contributed by atoms with Gasteiger partial charge in [0.05, 0.1) is 11.5 Å².